The molecule has 0 aliphatic carbocycles. The molecule has 0 fully saturated rings. The monoisotopic (exact) mass is 306 g/mol. The smallest absolute Gasteiger partial charge is 0.335 e. The maximum Gasteiger partial charge on any atom is 0.335 e. The van der Waals surface area contributed by atoms with Crippen molar-refractivity contribution in [3.8, 4) is 0 Å². The highest BCUT2D eigenvalue weighted by Crippen LogP contribution is 2.25. The van der Waals surface area contributed by atoms with Crippen LogP contribution >= 0.6 is 15.9 Å². The highest BCUT2D eigenvalue weighted by atomic mass is 79.9. The van der Waals surface area contributed by atoms with Gasteiger partial charge in [-0.2, -0.15) is 0 Å². The Morgan fingerprint density at radius 2 is 2.17 bits per heavy atom. The molecule has 1 aromatic carbocycles. The predicted octanol–water partition coefficient (Wildman–Crippen LogP) is 3.59. The van der Waals surface area contributed by atoms with Crippen LogP contribution < -0.4 is 5.32 Å². The van der Waals surface area contributed by atoms with E-state index in [9.17, 15) is 4.79 Å². The Morgan fingerprint density at radius 1 is 1.39 bits per heavy atom. The molecule has 92 valence electrons. The fourth-order valence-corrected chi connectivity index (χ4v) is 1.88. The third-order valence-electron chi connectivity index (χ3n) is 2.54. The van der Waals surface area contributed by atoms with E-state index in [1.54, 1.807) is 0 Å². The first-order valence-electron chi connectivity index (χ1n) is 5.29. The molecule has 1 heterocycles. The lowest BCUT2D eigenvalue weighted by Crippen LogP contribution is -2.00. The van der Waals surface area contributed by atoms with Crippen molar-refractivity contribution in [3.05, 3.63) is 52.1 Å². The van der Waals surface area contributed by atoms with Crippen LogP contribution in [-0.2, 0) is 0 Å². The second-order valence-electron chi connectivity index (χ2n) is 3.77. The molecule has 0 bridgehead atoms. The number of anilines is 2. The zero-order chi connectivity index (χ0) is 13.1. The van der Waals surface area contributed by atoms with Crippen LogP contribution in [0.25, 0.3) is 0 Å². The standard InChI is InChI=1S/C13H11BrN2O2/c1-8-10(14)3-2-4-11(8)16-12-7-9(13(17)18)5-6-15-12/h2-7H,1H3,(H,15,16)(H,17,18). The summed E-state index contributed by atoms with van der Waals surface area (Å²) in [7, 11) is 0. The van der Waals surface area contributed by atoms with Crippen molar-refractivity contribution in [1.82, 2.24) is 4.98 Å². The molecule has 0 atom stereocenters. The van der Waals surface area contributed by atoms with Gasteiger partial charge in [0.25, 0.3) is 0 Å². The summed E-state index contributed by atoms with van der Waals surface area (Å²) in [6.45, 7) is 1.97. The Hall–Kier alpha value is -1.88. The minimum Gasteiger partial charge on any atom is -0.478 e. The van der Waals surface area contributed by atoms with Crippen LogP contribution in [0, 0.1) is 6.92 Å². The van der Waals surface area contributed by atoms with Crippen molar-refractivity contribution < 1.29 is 9.90 Å². The summed E-state index contributed by atoms with van der Waals surface area (Å²) < 4.78 is 0.988. The molecule has 0 saturated carbocycles. The third-order valence-corrected chi connectivity index (χ3v) is 3.40. The van der Waals surface area contributed by atoms with Gasteiger partial charge in [-0.3, -0.25) is 0 Å². The number of benzene rings is 1. The molecule has 0 radical (unpaired) electrons. The van der Waals surface area contributed by atoms with E-state index in [2.05, 4.69) is 26.2 Å². The molecule has 1 aromatic heterocycles. The van der Waals surface area contributed by atoms with Crippen LogP contribution in [0.5, 0.6) is 0 Å². The van der Waals surface area contributed by atoms with Crippen molar-refractivity contribution in [2.75, 3.05) is 5.32 Å². The largest absolute Gasteiger partial charge is 0.478 e. The lowest BCUT2D eigenvalue weighted by atomic mass is 10.2. The molecule has 5 heteroatoms. The number of carbonyl (C=O) groups is 1. The molecule has 0 aliphatic heterocycles. The maximum atomic E-state index is 10.9. The summed E-state index contributed by atoms with van der Waals surface area (Å²) in [5, 5.41) is 12.0. The minimum atomic E-state index is -0.966. The number of halogens is 1. The lowest BCUT2D eigenvalue weighted by Gasteiger charge is -2.10. The van der Waals surface area contributed by atoms with Gasteiger partial charge in [0.1, 0.15) is 5.82 Å². The van der Waals surface area contributed by atoms with Gasteiger partial charge in [0.15, 0.2) is 0 Å². The van der Waals surface area contributed by atoms with Crippen LogP contribution in [0.3, 0.4) is 0 Å². The van der Waals surface area contributed by atoms with E-state index in [1.165, 1.54) is 18.3 Å². The number of aromatic carboxylic acids is 1. The van der Waals surface area contributed by atoms with Gasteiger partial charge in [-0.25, -0.2) is 9.78 Å². The van der Waals surface area contributed by atoms with Gasteiger partial charge in [0.05, 0.1) is 5.56 Å². The van der Waals surface area contributed by atoms with E-state index in [1.807, 2.05) is 25.1 Å². The lowest BCUT2D eigenvalue weighted by molar-refractivity contribution is 0.0697. The van der Waals surface area contributed by atoms with E-state index in [0.717, 1.165) is 15.7 Å². The van der Waals surface area contributed by atoms with E-state index < -0.39 is 5.97 Å². The Morgan fingerprint density at radius 3 is 2.89 bits per heavy atom. The molecular weight excluding hydrogens is 296 g/mol. The van der Waals surface area contributed by atoms with Gasteiger partial charge in [0.2, 0.25) is 0 Å². The summed E-state index contributed by atoms with van der Waals surface area (Å²) >= 11 is 3.44. The summed E-state index contributed by atoms with van der Waals surface area (Å²) in [4.78, 5) is 15.0. The van der Waals surface area contributed by atoms with E-state index in [-0.39, 0.29) is 5.56 Å². The zero-order valence-electron chi connectivity index (χ0n) is 9.64. The Bertz CT molecular complexity index is 599. The van der Waals surface area contributed by atoms with Gasteiger partial charge >= 0.3 is 5.97 Å². The molecule has 2 N–H and O–H groups in total. The predicted molar refractivity (Wildman–Crippen MR) is 73.4 cm³/mol. The minimum absolute atomic E-state index is 0.208. The van der Waals surface area contributed by atoms with Gasteiger partial charge in [0, 0.05) is 16.4 Å². The van der Waals surface area contributed by atoms with Crippen molar-refractivity contribution in [1.29, 1.82) is 0 Å². The number of pyridine rings is 1. The van der Waals surface area contributed by atoms with E-state index in [4.69, 9.17) is 5.11 Å². The second-order valence-corrected chi connectivity index (χ2v) is 4.63. The molecule has 0 spiro atoms. The Kier molecular flexibility index (Phi) is 3.62. The zero-order valence-corrected chi connectivity index (χ0v) is 11.2. The van der Waals surface area contributed by atoms with Crippen molar-refractivity contribution in [3.63, 3.8) is 0 Å². The van der Waals surface area contributed by atoms with Crippen molar-refractivity contribution >= 4 is 33.4 Å². The number of nitrogens with zero attached hydrogens (tertiary/aromatic N) is 1. The first kappa shape index (κ1) is 12.6. The average molecular weight is 307 g/mol. The van der Waals surface area contributed by atoms with Crippen LogP contribution in [0.2, 0.25) is 0 Å². The average Bonchev–Trinajstić information content (AvgIpc) is 2.35. The van der Waals surface area contributed by atoms with Gasteiger partial charge in [-0.1, -0.05) is 22.0 Å². The molecule has 0 amide bonds. The van der Waals surface area contributed by atoms with E-state index in [0.29, 0.717) is 5.82 Å². The highest BCUT2D eigenvalue weighted by Gasteiger charge is 2.06. The summed E-state index contributed by atoms with van der Waals surface area (Å²) in [6.07, 6.45) is 1.47. The molecule has 0 saturated heterocycles. The summed E-state index contributed by atoms with van der Waals surface area (Å²) in [5.74, 6) is -0.456. The first-order chi connectivity index (χ1) is 8.58. The maximum absolute atomic E-state index is 10.9. The fourth-order valence-electron chi connectivity index (χ4n) is 1.51. The summed E-state index contributed by atoms with van der Waals surface area (Å²) in [6, 6.07) is 8.72. The molecule has 2 aromatic rings. The van der Waals surface area contributed by atoms with Gasteiger partial charge < -0.3 is 10.4 Å². The molecule has 18 heavy (non-hydrogen) atoms. The first-order valence-corrected chi connectivity index (χ1v) is 6.08. The highest BCUT2D eigenvalue weighted by molar-refractivity contribution is 9.10. The topological polar surface area (TPSA) is 62.2 Å². The number of carboxylic acid groups (broad SMARTS) is 1. The Labute approximate surface area is 113 Å². The van der Waals surface area contributed by atoms with Crippen molar-refractivity contribution in [2.24, 2.45) is 0 Å². The van der Waals surface area contributed by atoms with Crippen LogP contribution in [0.4, 0.5) is 11.5 Å². The molecule has 2 rings (SSSR count). The van der Waals surface area contributed by atoms with Gasteiger partial charge in [-0.15, -0.1) is 0 Å². The third kappa shape index (κ3) is 2.68. The number of carboxylic acids is 1. The molecule has 4 nitrogen and oxygen atoms in total. The molecular formula is C13H11BrN2O2. The number of aromatic nitrogens is 1. The van der Waals surface area contributed by atoms with E-state index >= 15 is 0 Å². The molecule has 0 aliphatic rings. The van der Waals surface area contributed by atoms with Crippen molar-refractivity contribution in [2.45, 2.75) is 6.92 Å². The number of hydrogen-bond donors (Lipinski definition) is 2. The SMILES string of the molecule is Cc1c(Br)cccc1Nc1cc(C(=O)O)ccn1. The second kappa shape index (κ2) is 5.18. The number of hydrogen-bond acceptors (Lipinski definition) is 3. The molecule has 0 unspecified atom stereocenters. The van der Waals surface area contributed by atoms with Crippen LogP contribution in [-0.4, -0.2) is 16.1 Å². The van der Waals surface area contributed by atoms with Crippen LogP contribution in [0.15, 0.2) is 41.0 Å². The summed E-state index contributed by atoms with van der Waals surface area (Å²) in [5.41, 5.74) is 2.14. The quantitative estimate of drug-likeness (QED) is 0.909. The fraction of sp³-hybridized carbons (Fsp3) is 0.0769. The number of rotatable bonds is 3. The number of nitrogens with one attached hydrogen (secondary N) is 1. The Balaban J connectivity index is 2.31. The van der Waals surface area contributed by atoms with Gasteiger partial charge in [-0.05, 0) is 36.8 Å². The van der Waals surface area contributed by atoms with Crippen LogP contribution in [0.1, 0.15) is 15.9 Å². The normalized spacial score (nSPS) is 10.1.